The highest BCUT2D eigenvalue weighted by atomic mass is 32.1. The molecule has 0 unspecified atom stereocenters. The Hall–Kier alpha value is -2.60. The first-order valence-electron chi connectivity index (χ1n) is 6.90. The van der Waals surface area contributed by atoms with E-state index in [9.17, 15) is 4.79 Å². The number of nitrogens with zero attached hydrogens (tertiary/aromatic N) is 4. The third-order valence-corrected chi connectivity index (χ3v) is 4.60. The molecule has 0 amide bonds. The lowest BCUT2D eigenvalue weighted by Crippen LogP contribution is -2.23. The number of hydrogen-bond donors (Lipinski definition) is 0. The summed E-state index contributed by atoms with van der Waals surface area (Å²) in [6.07, 6.45) is 0. The van der Waals surface area contributed by atoms with Crippen molar-refractivity contribution in [3.63, 3.8) is 0 Å². The smallest absolute Gasteiger partial charge is 0.266 e. The van der Waals surface area contributed by atoms with Gasteiger partial charge in [-0.15, -0.1) is 16.4 Å². The Morgan fingerprint density at radius 3 is 2.77 bits per heavy atom. The standard InChI is InChI=1S/C16H12N4OS/c1-10-7-8-12-13-14(22-15(12)17-10)16(21)20(19-18-13)9-11-5-3-2-4-6-11/h2-8H,9H2,1H3. The molecule has 3 heterocycles. The number of rotatable bonds is 2. The van der Waals surface area contributed by atoms with Gasteiger partial charge in [0, 0.05) is 11.1 Å². The molecule has 0 fully saturated rings. The zero-order chi connectivity index (χ0) is 15.1. The van der Waals surface area contributed by atoms with Gasteiger partial charge < -0.3 is 0 Å². The summed E-state index contributed by atoms with van der Waals surface area (Å²) in [5, 5.41) is 9.21. The van der Waals surface area contributed by atoms with Crippen molar-refractivity contribution in [2.24, 2.45) is 0 Å². The summed E-state index contributed by atoms with van der Waals surface area (Å²) < 4.78 is 2.01. The Morgan fingerprint density at radius 1 is 1.14 bits per heavy atom. The molecule has 4 rings (SSSR count). The minimum absolute atomic E-state index is 0.116. The molecule has 0 aliphatic heterocycles. The maximum Gasteiger partial charge on any atom is 0.288 e. The second-order valence-corrected chi connectivity index (χ2v) is 6.12. The molecule has 0 atom stereocenters. The van der Waals surface area contributed by atoms with Gasteiger partial charge in [0.2, 0.25) is 0 Å². The largest absolute Gasteiger partial charge is 0.288 e. The number of aryl methyl sites for hydroxylation is 1. The first-order valence-corrected chi connectivity index (χ1v) is 7.71. The molecule has 0 aliphatic carbocycles. The number of pyridine rings is 1. The van der Waals surface area contributed by atoms with Crippen LogP contribution in [-0.2, 0) is 6.54 Å². The molecule has 0 aliphatic rings. The van der Waals surface area contributed by atoms with Crippen LogP contribution in [0.3, 0.4) is 0 Å². The highest BCUT2D eigenvalue weighted by Crippen LogP contribution is 2.28. The highest BCUT2D eigenvalue weighted by molar-refractivity contribution is 7.25. The van der Waals surface area contributed by atoms with Crippen LogP contribution in [0.25, 0.3) is 20.4 Å². The van der Waals surface area contributed by atoms with Crippen LogP contribution >= 0.6 is 11.3 Å². The van der Waals surface area contributed by atoms with Crippen molar-refractivity contribution in [1.82, 2.24) is 20.0 Å². The van der Waals surface area contributed by atoms with Crippen LogP contribution in [0, 0.1) is 6.92 Å². The van der Waals surface area contributed by atoms with Crippen molar-refractivity contribution < 1.29 is 0 Å². The van der Waals surface area contributed by atoms with Crippen molar-refractivity contribution in [2.45, 2.75) is 13.5 Å². The van der Waals surface area contributed by atoms with Crippen molar-refractivity contribution in [3.05, 3.63) is 64.1 Å². The Labute approximate surface area is 129 Å². The van der Waals surface area contributed by atoms with Gasteiger partial charge in [-0.2, -0.15) is 0 Å². The molecule has 5 nitrogen and oxygen atoms in total. The van der Waals surface area contributed by atoms with Crippen LogP contribution < -0.4 is 5.56 Å². The quantitative estimate of drug-likeness (QED) is 0.571. The minimum atomic E-state index is -0.116. The fourth-order valence-electron chi connectivity index (χ4n) is 2.42. The summed E-state index contributed by atoms with van der Waals surface area (Å²) >= 11 is 1.38. The van der Waals surface area contributed by atoms with E-state index in [1.54, 1.807) is 0 Å². The van der Waals surface area contributed by atoms with Crippen molar-refractivity contribution in [3.8, 4) is 0 Å². The summed E-state index contributed by atoms with van der Waals surface area (Å²) in [4.78, 5) is 17.9. The normalized spacial score (nSPS) is 11.3. The summed E-state index contributed by atoms with van der Waals surface area (Å²) in [5.74, 6) is 0. The zero-order valence-corrected chi connectivity index (χ0v) is 12.7. The molecule has 0 saturated carbocycles. The van der Waals surface area contributed by atoms with Crippen LogP contribution in [0.15, 0.2) is 47.3 Å². The molecule has 0 radical (unpaired) electrons. The third kappa shape index (κ3) is 2.08. The predicted octanol–water partition coefficient (Wildman–Crippen LogP) is 2.76. The highest BCUT2D eigenvalue weighted by Gasteiger charge is 2.13. The second kappa shape index (κ2) is 4.99. The van der Waals surface area contributed by atoms with Crippen molar-refractivity contribution >= 4 is 31.8 Å². The van der Waals surface area contributed by atoms with Gasteiger partial charge in [0.15, 0.2) is 0 Å². The molecule has 1 aromatic carbocycles. The molecular weight excluding hydrogens is 296 g/mol. The van der Waals surface area contributed by atoms with Crippen LogP contribution in [0.2, 0.25) is 0 Å². The van der Waals surface area contributed by atoms with E-state index in [0.29, 0.717) is 16.8 Å². The number of fused-ring (bicyclic) bond motifs is 3. The van der Waals surface area contributed by atoms with E-state index in [2.05, 4.69) is 15.3 Å². The Morgan fingerprint density at radius 2 is 1.95 bits per heavy atom. The van der Waals surface area contributed by atoms with Crippen LogP contribution in [0.1, 0.15) is 11.3 Å². The SMILES string of the molecule is Cc1ccc2c(n1)sc1c(=O)n(Cc3ccccc3)nnc12. The molecule has 0 spiro atoms. The minimum Gasteiger partial charge on any atom is -0.266 e. The van der Waals surface area contributed by atoms with E-state index in [4.69, 9.17) is 0 Å². The van der Waals surface area contributed by atoms with Gasteiger partial charge in [0.05, 0.1) is 6.54 Å². The maximum atomic E-state index is 12.6. The summed E-state index contributed by atoms with van der Waals surface area (Å²) in [5.41, 5.74) is 2.47. The van der Waals surface area contributed by atoms with Gasteiger partial charge in [-0.05, 0) is 24.6 Å². The molecule has 0 bridgehead atoms. The Bertz CT molecular complexity index is 1040. The number of thiophene rings is 1. The van der Waals surface area contributed by atoms with E-state index in [1.165, 1.54) is 16.0 Å². The van der Waals surface area contributed by atoms with Gasteiger partial charge in [0.1, 0.15) is 15.0 Å². The van der Waals surface area contributed by atoms with E-state index < -0.39 is 0 Å². The van der Waals surface area contributed by atoms with Gasteiger partial charge in [0.25, 0.3) is 5.56 Å². The first-order chi connectivity index (χ1) is 10.7. The monoisotopic (exact) mass is 308 g/mol. The number of benzene rings is 1. The first kappa shape index (κ1) is 13.1. The lowest BCUT2D eigenvalue weighted by molar-refractivity contribution is 0.602. The number of hydrogen-bond acceptors (Lipinski definition) is 5. The van der Waals surface area contributed by atoms with Crippen molar-refractivity contribution in [2.75, 3.05) is 0 Å². The Kier molecular flexibility index (Phi) is 2.97. The second-order valence-electron chi connectivity index (χ2n) is 5.12. The average Bonchev–Trinajstić information content (AvgIpc) is 2.89. The van der Waals surface area contributed by atoms with Crippen LogP contribution in [-0.4, -0.2) is 20.0 Å². The molecule has 6 heteroatoms. The molecule has 3 aromatic heterocycles. The van der Waals surface area contributed by atoms with Gasteiger partial charge in [-0.25, -0.2) is 9.67 Å². The van der Waals surface area contributed by atoms with Crippen LogP contribution in [0.5, 0.6) is 0 Å². The maximum absolute atomic E-state index is 12.6. The molecule has 22 heavy (non-hydrogen) atoms. The van der Waals surface area contributed by atoms with Gasteiger partial charge >= 0.3 is 0 Å². The molecule has 4 aromatic rings. The van der Waals surface area contributed by atoms with E-state index in [1.807, 2.05) is 49.4 Å². The Balaban J connectivity index is 1.90. The van der Waals surface area contributed by atoms with E-state index >= 15 is 0 Å². The fraction of sp³-hybridized carbons (Fsp3) is 0.125. The van der Waals surface area contributed by atoms with Crippen LogP contribution in [0.4, 0.5) is 0 Å². The zero-order valence-electron chi connectivity index (χ0n) is 11.9. The number of aromatic nitrogens is 4. The summed E-state index contributed by atoms with van der Waals surface area (Å²) in [6, 6.07) is 13.6. The molecule has 0 saturated heterocycles. The lowest BCUT2D eigenvalue weighted by atomic mass is 10.2. The van der Waals surface area contributed by atoms with Crippen molar-refractivity contribution in [1.29, 1.82) is 0 Å². The predicted molar refractivity (Wildman–Crippen MR) is 87.3 cm³/mol. The molecule has 0 N–H and O–H groups in total. The fourth-order valence-corrected chi connectivity index (χ4v) is 3.52. The van der Waals surface area contributed by atoms with Gasteiger partial charge in [-0.3, -0.25) is 4.79 Å². The molecular formula is C16H12N4OS. The third-order valence-electron chi connectivity index (χ3n) is 3.52. The average molecular weight is 308 g/mol. The lowest BCUT2D eigenvalue weighted by Gasteiger charge is -2.02. The molecule has 108 valence electrons. The summed E-state index contributed by atoms with van der Waals surface area (Å²) in [6.45, 7) is 2.35. The topological polar surface area (TPSA) is 60.7 Å². The van der Waals surface area contributed by atoms with E-state index in [0.717, 1.165) is 21.5 Å². The summed E-state index contributed by atoms with van der Waals surface area (Å²) in [7, 11) is 0. The van der Waals surface area contributed by atoms with Gasteiger partial charge in [-0.1, -0.05) is 35.5 Å². The van der Waals surface area contributed by atoms with E-state index in [-0.39, 0.29) is 5.56 Å².